The minimum Gasteiger partial charge on any atom is -0.465 e. The Kier molecular flexibility index (Phi) is 4.45. The Hall–Kier alpha value is -3.06. The number of furan rings is 1. The molecule has 0 spiro atoms. The number of aryl methyl sites for hydroxylation is 1. The molecule has 1 aromatic carbocycles. The van der Waals surface area contributed by atoms with Crippen molar-refractivity contribution >= 4 is 28.5 Å². The standard InChI is InChI=1S/C19H16N2O4S/c1-12-17(10-13-4-6-15-16(9-13)25-11-24-15)26-19(20-12)21-18(22)7-5-14-3-2-8-23-14/h2-9H,10-11H2,1H3,(H,20,21,22)/b7-5+. The number of anilines is 1. The van der Waals surface area contributed by atoms with Gasteiger partial charge in [-0.25, -0.2) is 4.98 Å². The molecule has 1 aliphatic rings. The van der Waals surface area contributed by atoms with Gasteiger partial charge in [-0.3, -0.25) is 10.1 Å². The number of thiazole rings is 1. The van der Waals surface area contributed by atoms with Crippen LogP contribution in [0.3, 0.4) is 0 Å². The molecule has 0 radical (unpaired) electrons. The highest BCUT2D eigenvalue weighted by Crippen LogP contribution is 2.34. The van der Waals surface area contributed by atoms with Gasteiger partial charge in [0, 0.05) is 17.4 Å². The summed E-state index contributed by atoms with van der Waals surface area (Å²) in [4.78, 5) is 17.5. The minimum atomic E-state index is -0.246. The van der Waals surface area contributed by atoms with E-state index < -0.39 is 0 Å². The first-order valence-corrected chi connectivity index (χ1v) is 8.86. The summed E-state index contributed by atoms with van der Waals surface area (Å²) in [6.07, 6.45) is 5.32. The number of nitrogens with zero attached hydrogens (tertiary/aromatic N) is 1. The molecule has 0 fully saturated rings. The maximum absolute atomic E-state index is 12.0. The monoisotopic (exact) mass is 368 g/mol. The number of rotatable bonds is 5. The Bertz CT molecular complexity index is 960. The number of fused-ring (bicyclic) bond motifs is 1. The number of nitrogens with one attached hydrogen (secondary N) is 1. The highest BCUT2D eigenvalue weighted by molar-refractivity contribution is 7.15. The molecule has 26 heavy (non-hydrogen) atoms. The summed E-state index contributed by atoms with van der Waals surface area (Å²) in [5, 5.41) is 3.36. The lowest BCUT2D eigenvalue weighted by atomic mass is 10.1. The van der Waals surface area contributed by atoms with Crippen LogP contribution in [0.4, 0.5) is 5.13 Å². The molecule has 1 aliphatic heterocycles. The van der Waals surface area contributed by atoms with Crippen LogP contribution in [0.25, 0.3) is 6.08 Å². The van der Waals surface area contributed by atoms with E-state index in [-0.39, 0.29) is 12.7 Å². The molecule has 1 N–H and O–H groups in total. The number of hydrogen-bond acceptors (Lipinski definition) is 6. The van der Waals surface area contributed by atoms with E-state index in [0.29, 0.717) is 10.9 Å². The number of benzene rings is 1. The van der Waals surface area contributed by atoms with Crippen LogP contribution >= 0.6 is 11.3 Å². The minimum absolute atomic E-state index is 0.246. The van der Waals surface area contributed by atoms with Crippen LogP contribution in [0.15, 0.2) is 47.1 Å². The largest absolute Gasteiger partial charge is 0.465 e. The zero-order valence-corrected chi connectivity index (χ0v) is 14.8. The molecule has 3 heterocycles. The summed E-state index contributed by atoms with van der Waals surface area (Å²) >= 11 is 1.47. The van der Waals surface area contributed by atoms with Gasteiger partial charge in [0.15, 0.2) is 16.6 Å². The third-order valence-electron chi connectivity index (χ3n) is 3.87. The van der Waals surface area contributed by atoms with Gasteiger partial charge in [0.25, 0.3) is 0 Å². The van der Waals surface area contributed by atoms with Crippen LogP contribution in [0, 0.1) is 6.92 Å². The Labute approximate surface area is 154 Å². The average molecular weight is 368 g/mol. The van der Waals surface area contributed by atoms with E-state index >= 15 is 0 Å². The lowest BCUT2D eigenvalue weighted by molar-refractivity contribution is -0.111. The van der Waals surface area contributed by atoms with Crippen LogP contribution < -0.4 is 14.8 Å². The molecule has 0 unspecified atom stereocenters. The van der Waals surface area contributed by atoms with Crippen LogP contribution in [0.5, 0.6) is 11.5 Å². The van der Waals surface area contributed by atoms with Crippen molar-refractivity contribution in [2.75, 3.05) is 12.1 Å². The van der Waals surface area contributed by atoms with E-state index in [1.807, 2.05) is 25.1 Å². The molecule has 7 heteroatoms. The molecular formula is C19H16N2O4S. The maximum Gasteiger partial charge on any atom is 0.250 e. The summed E-state index contributed by atoms with van der Waals surface area (Å²) in [6.45, 7) is 2.20. The summed E-state index contributed by atoms with van der Waals surface area (Å²) in [5.41, 5.74) is 2.01. The fourth-order valence-electron chi connectivity index (χ4n) is 2.57. The number of amides is 1. The second-order valence-corrected chi connectivity index (χ2v) is 6.81. The van der Waals surface area contributed by atoms with Gasteiger partial charge < -0.3 is 13.9 Å². The molecule has 2 aromatic heterocycles. The predicted octanol–water partition coefficient (Wildman–Crippen LogP) is 4.02. The van der Waals surface area contributed by atoms with Crippen molar-refractivity contribution in [3.8, 4) is 11.5 Å². The molecular weight excluding hydrogens is 352 g/mol. The Balaban J connectivity index is 1.43. The number of aromatic nitrogens is 1. The Morgan fingerprint density at radius 2 is 2.19 bits per heavy atom. The topological polar surface area (TPSA) is 73.6 Å². The molecule has 0 aliphatic carbocycles. The summed E-state index contributed by atoms with van der Waals surface area (Å²) in [5.74, 6) is 1.91. The number of hydrogen-bond donors (Lipinski definition) is 1. The molecule has 0 saturated heterocycles. The molecule has 132 valence electrons. The molecule has 6 nitrogen and oxygen atoms in total. The second-order valence-electron chi connectivity index (χ2n) is 5.73. The van der Waals surface area contributed by atoms with Gasteiger partial charge >= 0.3 is 0 Å². The van der Waals surface area contributed by atoms with Crippen molar-refractivity contribution in [3.63, 3.8) is 0 Å². The Morgan fingerprint density at radius 3 is 3.04 bits per heavy atom. The molecule has 4 rings (SSSR count). The van der Waals surface area contributed by atoms with E-state index in [4.69, 9.17) is 13.9 Å². The molecule has 0 saturated carbocycles. The van der Waals surface area contributed by atoms with Crippen molar-refractivity contribution in [1.29, 1.82) is 0 Å². The fourth-order valence-corrected chi connectivity index (χ4v) is 3.57. The lowest BCUT2D eigenvalue weighted by Crippen LogP contribution is -2.07. The van der Waals surface area contributed by atoms with Gasteiger partial charge in [-0.2, -0.15) is 0 Å². The van der Waals surface area contributed by atoms with Gasteiger partial charge in [0.05, 0.1) is 12.0 Å². The van der Waals surface area contributed by atoms with Gasteiger partial charge in [0.1, 0.15) is 5.76 Å². The van der Waals surface area contributed by atoms with Crippen molar-refractivity contribution in [2.24, 2.45) is 0 Å². The zero-order chi connectivity index (χ0) is 17.9. The summed E-state index contributed by atoms with van der Waals surface area (Å²) < 4.78 is 15.9. The summed E-state index contributed by atoms with van der Waals surface area (Å²) in [7, 11) is 0. The van der Waals surface area contributed by atoms with Crippen molar-refractivity contribution in [3.05, 3.63) is 64.6 Å². The van der Waals surface area contributed by atoms with E-state index in [2.05, 4.69) is 10.3 Å². The first-order chi connectivity index (χ1) is 12.7. The highest BCUT2D eigenvalue weighted by Gasteiger charge is 2.15. The first-order valence-electron chi connectivity index (χ1n) is 8.05. The predicted molar refractivity (Wildman–Crippen MR) is 98.6 cm³/mol. The van der Waals surface area contributed by atoms with Gasteiger partial charge in [-0.05, 0) is 42.8 Å². The average Bonchev–Trinajstić information content (AvgIpc) is 3.35. The maximum atomic E-state index is 12.0. The molecule has 1 amide bonds. The van der Waals surface area contributed by atoms with Gasteiger partial charge in [-0.15, -0.1) is 11.3 Å². The van der Waals surface area contributed by atoms with E-state index in [9.17, 15) is 4.79 Å². The van der Waals surface area contributed by atoms with E-state index in [0.717, 1.165) is 34.1 Å². The molecule has 0 bridgehead atoms. The van der Waals surface area contributed by atoms with Crippen LogP contribution in [0.1, 0.15) is 21.9 Å². The van der Waals surface area contributed by atoms with Crippen molar-refractivity contribution in [2.45, 2.75) is 13.3 Å². The van der Waals surface area contributed by atoms with Crippen LogP contribution in [-0.4, -0.2) is 17.7 Å². The summed E-state index contributed by atoms with van der Waals surface area (Å²) in [6, 6.07) is 9.45. The first kappa shape index (κ1) is 16.4. The van der Waals surface area contributed by atoms with E-state index in [1.165, 1.54) is 17.4 Å². The number of carbonyl (C=O) groups is 1. The smallest absolute Gasteiger partial charge is 0.250 e. The number of ether oxygens (including phenoxy) is 2. The van der Waals surface area contributed by atoms with Crippen molar-refractivity contribution in [1.82, 2.24) is 4.98 Å². The van der Waals surface area contributed by atoms with Crippen molar-refractivity contribution < 1.29 is 18.7 Å². The third-order valence-corrected chi connectivity index (χ3v) is 4.94. The quantitative estimate of drug-likeness (QED) is 0.689. The van der Waals surface area contributed by atoms with Crippen LogP contribution in [-0.2, 0) is 11.2 Å². The van der Waals surface area contributed by atoms with Crippen LogP contribution in [0.2, 0.25) is 0 Å². The fraction of sp³-hybridized carbons (Fsp3) is 0.158. The van der Waals surface area contributed by atoms with Gasteiger partial charge in [0.2, 0.25) is 12.7 Å². The third kappa shape index (κ3) is 3.62. The van der Waals surface area contributed by atoms with E-state index in [1.54, 1.807) is 24.5 Å². The SMILES string of the molecule is Cc1nc(NC(=O)/C=C/c2ccco2)sc1Cc1ccc2c(c1)OCO2. The lowest BCUT2D eigenvalue weighted by Gasteiger charge is -2.02. The highest BCUT2D eigenvalue weighted by atomic mass is 32.1. The molecule has 0 atom stereocenters. The van der Waals surface area contributed by atoms with Gasteiger partial charge in [-0.1, -0.05) is 6.07 Å². The number of carbonyl (C=O) groups excluding carboxylic acids is 1. The molecule has 3 aromatic rings. The zero-order valence-electron chi connectivity index (χ0n) is 14.0. The second kappa shape index (κ2) is 7.05. The normalized spacial score (nSPS) is 12.7. The Morgan fingerprint density at radius 1 is 1.31 bits per heavy atom.